The molecule has 0 fully saturated rings. The van der Waals surface area contributed by atoms with Gasteiger partial charge >= 0.3 is 5.97 Å². The van der Waals surface area contributed by atoms with E-state index in [0.717, 1.165) is 11.4 Å². The molecule has 0 radical (unpaired) electrons. The number of ether oxygens (including phenoxy) is 1. The second kappa shape index (κ2) is 5.31. The summed E-state index contributed by atoms with van der Waals surface area (Å²) in [6, 6.07) is 1.88. The van der Waals surface area contributed by atoms with Crippen LogP contribution >= 0.6 is 11.3 Å². The number of esters is 1. The lowest BCUT2D eigenvalue weighted by atomic mass is 10.3. The number of nitrogens with zero attached hydrogens (tertiary/aromatic N) is 4. The van der Waals surface area contributed by atoms with Crippen molar-refractivity contribution in [1.29, 1.82) is 0 Å². The van der Waals surface area contributed by atoms with Crippen LogP contribution in [0.1, 0.15) is 25.9 Å². The predicted octanol–water partition coefficient (Wildman–Crippen LogP) is 1.96. The lowest BCUT2D eigenvalue weighted by Gasteiger charge is -2.13. The Bertz CT molecular complexity index is 954. The Hall–Kier alpha value is -2.94. The molecule has 3 aromatic rings. The topological polar surface area (TPSA) is 90.5 Å². The van der Waals surface area contributed by atoms with Crippen molar-refractivity contribution in [3.63, 3.8) is 0 Å². The van der Waals surface area contributed by atoms with Gasteiger partial charge in [-0.1, -0.05) is 0 Å². The van der Waals surface area contributed by atoms with Crippen molar-refractivity contribution in [2.45, 2.75) is 6.54 Å². The molecule has 4 heterocycles. The van der Waals surface area contributed by atoms with E-state index in [1.807, 2.05) is 16.0 Å². The summed E-state index contributed by atoms with van der Waals surface area (Å²) in [4.78, 5) is 34.8. The molecule has 8 nitrogen and oxygen atoms in total. The van der Waals surface area contributed by atoms with Crippen LogP contribution in [-0.4, -0.2) is 45.5 Å². The number of thiophene rings is 1. The molecule has 0 saturated carbocycles. The summed E-state index contributed by atoms with van der Waals surface area (Å²) in [5.74, 6) is -0.413. The molecule has 9 heteroatoms. The fourth-order valence-corrected chi connectivity index (χ4v) is 3.49. The molecule has 4 rings (SSSR count). The van der Waals surface area contributed by atoms with Crippen molar-refractivity contribution in [3.05, 3.63) is 40.3 Å². The largest absolute Gasteiger partial charge is 0.464 e. The molecule has 0 unspecified atom stereocenters. The highest BCUT2D eigenvalue weighted by atomic mass is 32.1. The predicted molar refractivity (Wildman–Crippen MR) is 84.1 cm³/mol. The summed E-state index contributed by atoms with van der Waals surface area (Å²) in [6.07, 6.45) is 2.86. The van der Waals surface area contributed by atoms with Gasteiger partial charge in [0.25, 0.3) is 5.91 Å². The number of amides is 1. The first kappa shape index (κ1) is 14.6. The Kier molecular flexibility index (Phi) is 3.24. The van der Waals surface area contributed by atoms with E-state index in [9.17, 15) is 9.59 Å². The third-order valence-electron chi connectivity index (χ3n) is 3.80. The van der Waals surface area contributed by atoms with E-state index < -0.39 is 5.97 Å². The van der Waals surface area contributed by atoms with Gasteiger partial charge in [0.05, 0.1) is 25.0 Å². The van der Waals surface area contributed by atoms with Gasteiger partial charge in [-0.05, 0) is 11.4 Å². The minimum atomic E-state index is -0.581. The van der Waals surface area contributed by atoms with E-state index in [-0.39, 0.29) is 17.5 Å². The Labute approximate surface area is 140 Å². The highest BCUT2D eigenvalue weighted by Gasteiger charge is 2.29. The summed E-state index contributed by atoms with van der Waals surface area (Å²) in [5.41, 5.74) is 2.11. The highest BCUT2D eigenvalue weighted by Crippen LogP contribution is 2.32. The van der Waals surface area contributed by atoms with Crippen LogP contribution in [0.2, 0.25) is 0 Å². The molecule has 0 aromatic carbocycles. The van der Waals surface area contributed by atoms with Crippen molar-refractivity contribution in [2.24, 2.45) is 0 Å². The standard InChI is InChI=1S/C15H12N4O4S/c1-18-5-10-11(13-17-8(6-23-13)15(21)22-2)16-7-19(10)9-3-4-24-12(9)14(18)20/h3-4,6-7H,5H2,1-2H3. The normalized spacial score (nSPS) is 13.4. The zero-order valence-electron chi connectivity index (χ0n) is 12.8. The first-order valence-electron chi connectivity index (χ1n) is 7.04. The number of carbonyl (C=O) groups excluding carboxylic acids is 2. The highest BCUT2D eigenvalue weighted by molar-refractivity contribution is 7.12. The average molecular weight is 344 g/mol. The number of aromatic nitrogens is 3. The van der Waals surface area contributed by atoms with Crippen molar-refractivity contribution in [1.82, 2.24) is 19.4 Å². The van der Waals surface area contributed by atoms with Crippen LogP contribution in [0.4, 0.5) is 0 Å². The average Bonchev–Trinajstić information content (AvgIpc) is 3.30. The van der Waals surface area contributed by atoms with Gasteiger partial charge in [-0.25, -0.2) is 14.8 Å². The van der Waals surface area contributed by atoms with Gasteiger partial charge in [-0.15, -0.1) is 11.3 Å². The maximum absolute atomic E-state index is 12.4. The Morgan fingerprint density at radius 2 is 2.29 bits per heavy atom. The van der Waals surface area contributed by atoms with E-state index in [2.05, 4.69) is 14.7 Å². The quantitative estimate of drug-likeness (QED) is 0.660. The van der Waals surface area contributed by atoms with Crippen molar-refractivity contribution >= 4 is 23.2 Å². The second-order valence-corrected chi connectivity index (χ2v) is 6.15. The number of imidazole rings is 1. The summed E-state index contributed by atoms with van der Waals surface area (Å²) in [6.45, 7) is 0.353. The molecular formula is C15H12N4O4S. The van der Waals surface area contributed by atoms with Crippen molar-refractivity contribution < 1.29 is 18.7 Å². The van der Waals surface area contributed by atoms with E-state index in [1.54, 1.807) is 18.3 Å². The number of hydrogen-bond acceptors (Lipinski definition) is 7. The zero-order chi connectivity index (χ0) is 16.8. The van der Waals surface area contributed by atoms with Crippen LogP contribution in [-0.2, 0) is 11.3 Å². The molecule has 3 aromatic heterocycles. The van der Waals surface area contributed by atoms with Gasteiger partial charge in [0.15, 0.2) is 5.69 Å². The maximum Gasteiger partial charge on any atom is 0.360 e. The monoisotopic (exact) mass is 344 g/mol. The Morgan fingerprint density at radius 1 is 1.46 bits per heavy atom. The Morgan fingerprint density at radius 3 is 3.08 bits per heavy atom. The lowest BCUT2D eigenvalue weighted by molar-refractivity contribution is 0.0593. The number of fused-ring (bicyclic) bond motifs is 3. The minimum absolute atomic E-state index is 0.0442. The van der Waals surface area contributed by atoms with E-state index in [1.165, 1.54) is 24.7 Å². The fourth-order valence-electron chi connectivity index (χ4n) is 2.61. The minimum Gasteiger partial charge on any atom is -0.464 e. The fraction of sp³-hybridized carbons (Fsp3) is 0.200. The molecule has 122 valence electrons. The van der Waals surface area contributed by atoms with Crippen molar-refractivity contribution in [2.75, 3.05) is 14.2 Å². The smallest absolute Gasteiger partial charge is 0.360 e. The van der Waals surface area contributed by atoms with Crippen LogP contribution in [0.25, 0.3) is 17.3 Å². The van der Waals surface area contributed by atoms with E-state index >= 15 is 0 Å². The van der Waals surface area contributed by atoms with Gasteiger partial charge in [-0.3, -0.25) is 9.36 Å². The van der Waals surface area contributed by atoms with Crippen LogP contribution in [0.15, 0.2) is 28.5 Å². The van der Waals surface area contributed by atoms with Crippen LogP contribution < -0.4 is 0 Å². The maximum atomic E-state index is 12.4. The van der Waals surface area contributed by atoms with Crippen molar-refractivity contribution in [3.8, 4) is 17.3 Å². The van der Waals surface area contributed by atoms with Crippen LogP contribution in [0, 0.1) is 0 Å². The molecule has 1 aliphatic heterocycles. The van der Waals surface area contributed by atoms with Gasteiger partial charge in [-0.2, -0.15) is 0 Å². The number of rotatable bonds is 2. The molecule has 1 aliphatic rings. The molecule has 0 aliphatic carbocycles. The second-order valence-electron chi connectivity index (χ2n) is 5.24. The lowest BCUT2D eigenvalue weighted by Crippen LogP contribution is -2.24. The summed E-state index contributed by atoms with van der Waals surface area (Å²) in [5, 5.41) is 1.87. The van der Waals surface area contributed by atoms with Gasteiger partial charge < -0.3 is 14.1 Å². The van der Waals surface area contributed by atoms with E-state index in [0.29, 0.717) is 17.1 Å². The molecular weight excluding hydrogens is 332 g/mol. The number of oxazole rings is 1. The van der Waals surface area contributed by atoms with Gasteiger partial charge in [0.2, 0.25) is 5.89 Å². The molecule has 24 heavy (non-hydrogen) atoms. The molecule has 0 spiro atoms. The number of carbonyl (C=O) groups is 2. The first-order valence-corrected chi connectivity index (χ1v) is 7.92. The third-order valence-corrected chi connectivity index (χ3v) is 4.69. The van der Waals surface area contributed by atoms with E-state index in [4.69, 9.17) is 4.42 Å². The number of methoxy groups -OCH3 is 1. The SMILES string of the molecule is COC(=O)c1coc(-c2ncn3c2CN(C)C(=O)c2sccc2-3)n1. The molecule has 0 saturated heterocycles. The van der Waals surface area contributed by atoms with Gasteiger partial charge in [0, 0.05) is 7.05 Å². The molecule has 0 bridgehead atoms. The molecule has 0 N–H and O–H groups in total. The molecule has 0 atom stereocenters. The third kappa shape index (κ3) is 2.05. The van der Waals surface area contributed by atoms with Crippen LogP contribution in [0.5, 0.6) is 0 Å². The van der Waals surface area contributed by atoms with Crippen LogP contribution in [0.3, 0.4) is 0 Å². The summed E-state index contributed by atoms with van der Waals surface area (Å²) >= 11 is 1.39. The Balaban J connectivity index is 1.84. The first-order chi connectivity index (χ1) is 11.6. The zero-order valence-corrected chi connectivity index (χ0v) is 13.7. The summed E-state index contributed by atoms with van der Waals surface area (Å²) in [7, 11) is 3.01. The summed E-state index contributed by atoms with van der Waals surface area (Å²) < 4.78 is 11.9. The number of hydrogen-bond donors (Lipinski definition) is 0. The molecule has 1 amide bonds. The van der Waals surface area contributed by atoms with Gasteiger partial charge in [0.1, 0.15) is 23.2 Å².